The molecule has 0 radical (unpaired) electrons. The van der Waals surface area contributed by atoms with E-state index < -0.39 is 0 Å². The summed E-state index contributed by atoms with van der Waals surface area (Å²) < 4.78 is 4.60. The number of hydrogen-bond donors (Lipinski definition) is 2. The summed E-state index contributed by atoms with van der Waals surface area (Å²) in [6.07, 6.45) is 0. The highest BCUT2D eigenvalue weighted by Gasteiger charge is 2.10. The van der Waals surface area contributed by atoms with Crippen molar-refractivity contribution in [1.82, 2.24) is 24.9 Å². The lowest BCUT2D eigenvalue weighted by Gasteiger charge is -2.06. The van der Waals surface area contributed by atoms with Gasteiger partial charge in [-0.15, -0.1) is 5.10 Å². The highest BCUT2D eigenvalue weighted by Crippen LogP contribution is 2.27. The quantitative estimate of drug-likeness (QED) is 0.602. The Kier molecular flexibility index (Phi) is 3.07. The van der Waals surface area contributed by atoms with E-state index in [1.807, 2.05) is 25.2 Å². The van der Waals surface area contributed by atoms with Crippen LogP contribution in [0.15, 0.2) is 23.1 Å². The lowest BCUT2D eigenvalue weighted by Crippen LogP contribution is -1.99. The molecule has 16 heavy (non-hydrogen) atoms. The van der Waals surface area contributed by atoms with Gasteiger partial charge in [0.25, 0.3) is 0 Å². The normalized spacial score (nSPS) is 10.6. The molecule has 0 aliphatic heterocycles. The predicted molar refractivity (Wildman–Crippen MR) is 63.6 cm³/mol. The Bertz CT molecular complexity index is 494. The Hall–Kier alpha value is -1.60. The van der Waals surface area contributed by atoms with E-state index in [2.05, 4.69) is 20.2 Å². The fraction of sp³-hybridized carbons (Fsp3) is 0.222. The van der Waals surface area contributed by atoms with Gasteiger partial charge in [-0.2, -0.15) is 0 Å². The maximum absolute atomic E-state index is 5.91. The number of aromatic nitrogens is 4. The zero-order valence-electron chi connectivity index (χ0n) is 9.01. The van der Waals surface area contributed by atoms with E-state index >= 15 is 0 Å². The zero-order chi connectivity index (χ0) is 11.5. The van der Waals surface area contributed by atoms with Crippen molar-refractivity contribution in [1.29, 1.82) is 0 Å². The van der Waals surface area contributed by atoms with Crippen molar-refractivity contribution in [3.63, 3.8) is 0 Å². The Balaban J connectivity index is 2.47. The fourth-order valence-corrected chi connectivity index (χ4v) is 1.92. The van der Waals surface area contributed by atoms with E-state index in [0.29, 0.717) is 11.5 Å². The number of nitrogens with one attached hydrogen (secondary N) is 1. The summed E-state index contributed by atoms with van der Waals surface area (Å²) in [5, 5.41) is 11.3. The summed E-state index contributed by atoms with van der Waals surface area (Å²) in [5.74, 6) is 0.663. The number of benzene rings is 1. The summed E-state index contributed by atoms with van der Waals surface area (Å²) >= 11 is 1.52. The molecular weight excluding hydrogens is 224 g/mol. The Labute approximate surface area is 97.4 Å². The Morgan fingerprint density at radius 1 is 1.44 bits per heavy atom. The molecule has 84 valence electrons. The highest BCUT2D eigenvalue weighted by molar-refractivity contribution is 7.97. The predicted octanol–water partition coefficient (Wildman–Crippen LogP) is 0.686. The molecule has 0 aliphatic rings. The van der Waals surface area contributed by atoms with E-state index in [1.54, 1.807) is 11.7 Å². The zero-order valence-corrected chi connectivity index (χ0v) is 9.82. The second-order valence-electron chi connectivity index (χ2n) is 3.18. The first-order valence-corrected chi connectivity index (χ1v) is 5.50. The van der Waals surface area contributed by atoms with Crippen molar-refractivity contribution in [3.05, 3.63) is 18.2 Å². The smallest absolute Gasteiger partial charge is 0.183 e. The Morgan fingerprint density at radius 2 is 2.25 bits per heavy atom. The van der Waals surface area contributed by atoms with Crippen LogP contribution in [0.2, 0.25) is 0 Å². The number of nitrogen functional groups attached to an aromatic ring is 1. The first-order chi connectivity index (χ1) is 7.72. The van der Waals surface area contributed by atoms with Crippen molar-refractivity contribution in [3.8, 4) is 11.4 Å². The lowest BCUT2D eigenvalue weighted by molar-refractivity contribution is 0.714. The molecule has 3 N–H and O–H groups in total. The van der Waals surface area contributed by atoms with Gasteiger partial charge in [0, 0.05) is 23.2 Å². The van der Waals surface area contributed by atoms with Crippen LogP contribution in [0.3, 0.4) is 0 Å². The maximum atomic E-state index is 5.91. The van der Waals surface area contributed by atoms with Crippen molar-refractivity contribution in [2.24, 2.45) is 7.05 Å². The first kappa shape index (κ1) is 10.9. The third kappa shape index (κ3) is 2.00. The molecule has 0 aliphatic carbocycles. The van der Waals surface area contributed by atoms with Crippen molar-refractivity contribution in [2.45, 2.75) is 4.90 Å². The number of tetrazole rings is 1. The summed E-state index contributed by atoms with van der Waals surface area (Å²) in [6.45, 7) is 0. The fourth-order valence-electron chi connectivity index (χ4n) is 1.37. The summed E-state index contributed by atoms with van der Waals surface area (Å²) in [4.78, 5) is 1.06. The standard InChI is InChI=1S/C9H12N6S/c1-11-16-6-3-4-8(10)7(5-6)9-12-13-14-15(9)2/h3-5,11H,10H2,1-2H3. The topological polar surface area (TPSA) is 81.7 Å². The number of nitrogens with two attached hydrogens (primary N) is 1. The van der Waals surface area contributed by atoms with Crippen LogP contribution in [0.4, 0.5) is 5.69 Å². The molecule has 0 saturated heterocycles. The van der Waals surface area contributed by atoms with E-state index in [0.717, 1.165) is 10.5 Å². The van der Waals surface area contributed by atoms with E-state index in [4.69, 9.17) is 5.73 Å². The molecule has 0 fully saturated rings. The number of aryl methyl sites for hydroxylation is 1. The van der Waals surface area contributed by atoms with E-state index in [-0.39, 0.29) is 0 Å². The average molecular weight is 236 g/mol. The SMILES string of the molecule is CNSc1ccc(N)c(-c2nnnn2C)c1. The molecule has 0 atom stereocenters. The largest absolute Gasteiger partial charge is 0.398 e. The molecule has 2 aromatic rings. The van der Waals surface area contributed by atoms with Gasteiger partial charge in [0.05, 0.1) is 0 Å². The lowest BCUT2D eigenvalue weighted by atomic mass is 10.2. The van der Waals surface area contributed by atoms with Crippen LogP contribution in [-0.2, 0) is 7.05 Å². The van der Waals surface area contributed by atoms with Crippen LogP contribution >= 0.6 is 11.9 Å². The minimum absolute atomic E-state index is 0.663. The molecule has 1 heterocycles. The van der Waals surface area contributed by atoms with Crippen LogP contribution in [-0.4, -0.2) is 27.3 Å². The van der Waals surface area contributed by atoms with Gasteiger partial charge in [-0.1, -0.05) is 0 Å². The summed E-state index contributed by atoms with van der Waals surface area (Å²) in [7, 11) is 3.65. The second-order valence-corrected chi connectivity index (χ2v) is 4.27. The third-order valence-corrected chi connectivity index (χ3v) is 2.80. The number of anilines is 1. The molecule has 0 saturated carbocycles. The number of hydrogen-bond acceptors (Lipinski definition) is 6. The van der Waals surface area contributed by atoms with Gasteiger partial charge >= 0.3 is 0 Å². The monoisotopic (exact) mass is 236 g/mol. The third-order valence-electron chi connectivity index (χ3n) is 2.11. The van der Waals surface area contributed by atoms with Crippen molar-refractivity contribution >= 4 is 17.6 Å². The molecule has 0 bridgehead atoms. The van der Waals surface area contributed by atoms with Crippen LogP contribution < -0.4 is 10.5 Å². The molecule has 0 spiro atoms. The summed E-state index contributed by atoms with van der Waals surface area (Å²) in [6, 6.07) is 5.76. The Morgan fingerprint density at radius 3 is 2.88 bits per heavy atom. The molecule has 1 aromatic heterocycles. The van der Waals surface area contributed by atoms with Gasteiger partial charge < -0.3 is 5.73 Å². The van der Waals surface area contributed by atoms with Crippen molar-refractivity contribution in [2.75, 3.05) is 12.8 Å². The average Bonchev–Trinajstić information content (AvgIpc) is 2.68. The van der Waals surface area contributed by atoms with Gasteiger partial charge in [-0.25, -0.2) is 4.68 Å². The molecule has 6 nitrogen and oxygen atoms in total. The minimum atomic E-state index is 0.663. The molecule has 0 amide bonds. The molecule has 1 aromatic carbocycles. The van der Waals surface area contributed by atoms with E-state index in [9.17, 15) is 0 Å². The molecule has 2 rings (SSSR count). The molecule has 0 unspecified atom stereocenters. The molecular formula is C9H12N6S. The number of rotatable bonds is 3. The van der Waals surface area contributed by atoms with Crippen LogP contribution in [0, 0.1) is 0 Å². The van der Waals surface area contributed by atoms with Gasteiger partial charge in [0.1, 0.15) is 0 Å². The number of nitrogens with zero attached hydrogens (tertiary/aromatic N) is 4. The van der Waals surface area contributed by atoms with Gasteiger partial charge in [0.2, 0.25) is 0 Å². The minimum Gasteiger partial charge on any atom is -0.398 e. The van der Waals surface area contributed by atoms with Crippen LogP contribution in [0.1, 0.15) is 0 Å². The van der Waals surface area contributed by atoms with Gasteiger partial charge in [-0.3, -0.25) is 4.72 Å². The van der Waals surface area contributed by atoms with Crippen LogP contribution in [0.25, 0.3) is 11.4 Å². The summed E-state index contributed by atoms with van der Waals surface area (Å²) in [5.41, 5.74) is 7.41. The van der Waals surface area contributed by atoms with Crippen LogP contribution in [0.5, 0.6) is 0 Å². The first-order valence-electron chi connectivity index (χ1n) is 4.68. The second kappa shape index (κ2) is 4.50. The van der Waals surface area contributed by atoms with Crippen molar-refractivity contribution < 1.29 is 0 Å². The van der Waals surface area contributed by atoms with E-state index in [1.165, 1.54) is 11.9 Å². The van der Waals surface area contributed by atoms with Gasteiger partial charge in [-0.05, 0) is 47.6 Å². The maximum Gasteiger partial charge on any atom is 0.183 e. The highest BCUT2D eigenvalue weighted by atomic mass is 32.2. The van der Waals surface area contributed by atoms with Gasteiger partial charge in [0.15, 0.2) is 5.82 Å². The molecule has 7 heteroatoms.